The normalized spacial score (nSPS) is 28.0. The first-order valence-electron chi connectivity index (χ1n) is 18.3. The van der Waals surface area contributed by atoms with Gasteiger partial charge in [-0.3, -0.25) is 24.0 Å². The van der Waals surface area contributed by atoms with Crippen molar-refractivity contribution in [1.29, 1.82) is 0 Å². The van der Waals surface area contributed by atoms with Crippen LogP contribution in [0.2, 0.25) is 0 Å². The molecule has 3 heterocycles. The Bertz CT molecular complexity index is 1940. The van der Waals surface area contributed by atoms with Crippen molar-refractivity contribution in [3.05, 3.63) is 71.6 Å². The van der Waals surface area contributed by atoms with Crippen LogP contribution in [0.4, 0.5) is 14.9 Å². The highest BCUT2D eigenvalue weighted by atomic mass is 32.2. The summed E-state index contributed by atoms with van der Waals surface area (Å²) in [6.45, 7) is 1.67. The third-order valence-electron chi connectivity index (χ3n) is 11.3. The Morgan fingerprint density at radius 3 is 2.60 bits per heavy atom. The lowest BCUT2D eigenvalue weighted by Gasteiger charge is -2.30. The van der Waals surface area contributed by atoms with E-state index in [1.54, 1.807) is 44.4 Å². The van der Waals surface area contributed by atoms with Crippen LogP contribution in [0, 0.1) is 11.7 Å². The van der Waals surface area contributed by atoms with Gasteiger partial charge in [0.2, 0.25) is 21.8 Å². The number of ether oxygens (including phenoxy) is 2. The van der Waals surface area contributed by atoms with Crippen molar-refractivity contribution in [3.8, 4) is 5.75 Å². The number of amides is 4. The van der Waals surface area contributed by atoms with Gasteiger partial charge in [-0.2, -0.15) is 0 Å². The fraction of sp³-hybridized carbons (Fsp3) is 0.526. The molecule has 0 radical (unpaired) electrons. The molecule has 2 saturated carbocycles. The van der Waals surface area contributed by atoms with Crippen LogP contribution >= 0.6 is 0 Å². The largest absolute Gasteiger partial charge is 0.497 e. The van der Waals surface area contributed by atoms with Crippen molar-refractivity contribution in [3.63, 3.8) is 0 Å². The highest BCUT2D eigenvalue weighted by Crippen LogP contribution is 2.47. The van der Waals surface area contributed by atoms with Gasteiger partial charge in [-0.25, -0.2) is 17.6 Å². The molecule has 284 valence electrons. The molecule has 4 amide bonds. The van der Waals surface area contributed by atoms with Crippen LogP contribution in [-0.2, 0) is 42.2 Å². The van der Waals surface area contributed by atoms with Crippen molar-refractivity contribution in [1.82, 2.24) is 19.8 Å². The van der Waals surface area contributed by atoms with Crippen molar-refractivity contribution in [2.45, 2.75) is 106 Å². The lowest BCUT2D eigenvalue weighted by molar-refractivity contribution is -0.140. The van der Waals surface area contributed by atoms with Crippen LogP contribution in [0.25, 0.3) is 0 Å². The second-order valence-corrected chi connectivity index (χ2v) is 17.3. The van der Waals surface area contributed by atoms with Crippen LogP contribution in [0.3, 0.4) is 0 Å². The second kappa shape index (κ2) is 14.3. The number of benzene rings is 2. The molecule has 0 bridgehead atoms. The molecule has 2 aromatic rings. The fourth-order valence-corrected chi connectivity index (χ4v) is 8.90. The molecule has 53 heavy (non-hydrogen) atoms. The number of methoxy groups -OCH3 is 1. The number of allylic oxidation sites excluding steroid dienone is 1. The number of rotatable bonds is 7. The van der Waals surface area contributed by atoms with E-state index in [-0.39, 0.29) is 38.4 Å². The molecule has 0 spiro atoms. The summed E-state index contributed by atoms with van der Waals surface area (Å²) >= 11 is 0. The van der Waals surface area contributed by atoms with Gasteiger partial charge in [0.25, 0.3) is 5.91 Å². The molecule has 5 atom stereocenters. The standard InChI is InChI=1S/C38H46FN5O8S/c1-37(16-17-37)53(49,50)42-35(47)38-20-25(38)11-6-4-3-5-7-15-31(40-26-12-9-13-27(18-26)51-2)34(46)44-22-28(19-32(44)33(45)41-38)52-36(48)43-21-24-10-8-14-30(39)29(24)23-43/h6,8-14,18,25,28,31-32,40H,3-5,7,15-17,19-23H2,1-2H3,(H,41,45)(H,42,47)/t25-,28-,31+,32+,38-/m1/s1. The number of hydrogen-bond donors (Lipinski definition) is 3. The van der Waals surface area contributed by atoms with Crippen molar-refractivity contribution < 1.29 is 41.5 Å². The van der Waals surface area contributed by atoms with Gasteiger partial charge in [-0.15, -0.1) is 0 Å². The minimum absolute atomic E-state index is 0.0289. The maximum Gasteiger partial charge on any atom is 0.410 e. The van der Waals surface area contributed by atoms with Crippen molar-refractivity contribution in [2.75, 3.05) is 19.0 Å². The lowest BCUT2D eigenvalue weighted by atomic mass is 10.0. The first-order chi connectivity index (χ1) is 25.3. The molecular weight excluding hydrogens is 706 g/mol. The van der Waals surface area contributed by atoms with E-state index < -0.39 is 68.1 Å². The molecule has 1 saturated heterocycles. The Morgan fingerprint density at radius 1 is 1.06 bits per heavy atom. The lowest BCUT2D eigenvalue weighted by Crippen LogP contribution is -2.58. The zero-order valence-electron chi connectivity index (χ0n) is 29.9. The molecule has 15 heteroatoms. The summed E-state index contributed by atoms with van der Waals surface area (Å²) < 4.78 is 53.1. The smallest absolute Gasteiger partial charge is 0.410 e. The van der Waals surface area contributed by atoms with Gasteiger partial charge in [0.05, 0.1) is 24.9 Å². The van der Waals surface area contributed by atoms with Crippen LogP contribution in [-0.4, -0.2) is 84.2 Å². The molecule has 5 aliphatic rings. The van der Waals surface area contributed by atoms with Gasteiger partial charge in [0.15, 0.2) is 0 Å². The SMILES string of the molecule is COc1cccc(N[C@H]2CCCCCC=C[C@@H]3C[C@@]3(C(=O)NS(=O)(=O)C3(C)CC3)NC(=O)[C@@H]3C[C@@H](OC(=O)N4Cc5cccc(F)c5C4)CN3C2=O)c1. The molecule has 0 unspecified atom stereocenters. The van der Waals surface area contributed by atoms with Gasteiger partial charge in [0, 0.05) is 36.2 Å². The zero-order valence-corrected chi connectivity index (χ0v) is 30.8. The summed E-state index contributed by atoms with van der Waals surface area (Å²) in [6.07, 6.45) is 6.77. The van der Waals surface area contributed by atoms with E-state index in [0.29, 0.717) is 48.2 Å². The molecule has 7 rings (SSSR count). The predicted octanol–water partition coefficient (Wildman–Crippen LogP) is 4.13. The summed E-state index contributed by atoms with van der Waals surface area (Å²) in [5, 5.41) is 6.19. The quantitative estimate of drug-likeness (QED) is 0.353. The van der Waals surface area contributed by atoms with Gasteiger partial charge < -0.3 is 25.0 Å². The average molecular weight is 752 g/mol. The molecular formula is C38H46FN5O8S. The van der Waals surface area contributed by atoms with Crippen LogP contribution < -0.4 is 20.1 Å². The van der Waals surface area contributed by atoms with Crippen molar-refractivity contribution >= 4 is 39.5 Å². The summed E-state index contributed by atoms with van der Waals surface area (Å²) in [6, 6.07) is 9.96. The molecule has 2 aliphatic carbocycles. The minimum Gasteiger partial charge on any atom is -0.497 e. The number of halogens is 1. The highest BCUT2D eigenvalue weighted by molar-refractivity contribution is 7.91. The number of carbonyl (C=O) groups excluding carboxylic acids is 4. The third kappa shape index (κ3) is 7.44. The Balaban J connectivity index is 1.15. The van der Waals surface area contributed by atoms with E-state index in [2.05, 4.69) is 15.4 Å². The maximum atomic E-state index is 14.5. The molecule has 0 aromatic heterocycles. The fourth-order valence-electron chi connectivity index (χ4n) is 7.59. The molecule has 2 aromatic carbocycles. The maximum absolute atomic E-state index is 14.5. The van der Waals surface area contributed by atoms with Gasteiger partial charge in [0.1, 0.15) is 35.3 Å². The Kier molecular flexibility index (Phi) is 9.89. The number of nitrogens with one attached hydrogen (secondary N) is 3. The van der Waals surface area contributed by atoms with Crippen LogP contribution in [0.15, 0.2) is 54.6 Å². The molecule has 3 fully saturated rings. The first kappa shape index (κ1) is 36.7. The third-order valence-corrected chi connectivity index (χ3v) is 13.5. The Labute approximate surface area is 308 Å². The predicted molar refractivity (Wildman–Crippen MR) is 192 cm³/mol. The van der Waals surface area contributed by atoms with Crippen molar-refractivity contribution in [2.24, 2.45) is 5.92 Å². The molecule has 3 aliphatic heterocycles. The van der Waals surface area contributed by atoms with Crippen LogP contribution in [0.5, 0.6) is 5.75 Å². The van der Waals surface area contributed by atoms with E-state index in [1.807, 2.05) is 18.2 Å². The number of anilines is 1. The van der Waals surface area contributed by atoms with E-state index in [4.69, 9.17) is 9.47 Å². The summed E-state index contributed by atoms with van der Waals surface area (Å²) in [5.74, 6) is -2.10. The van der Waals surface area contributed by atoms with Gasteiger partial charge in [-0.05, 0) is 69.2 Å². The number of nitrogens with zero attached hydrogens (tertiary/aromatic N) is 2. The topological polar surface area (TPSA) is 163 Å². The van der Waals surface area contributed by atoms with Gasteiger partial charge >= 0.3 is 6.09 Å². The monoisotopic (exact) mass is 751 g/mol. The summed E-state index contributed by atoms with van der Waals surface area (Å²) in [7, 11) is -2.44. The minimum atomic E-state index is -3.99. The Hall–Kier alpha value is -4.66. The van der Waals surface area contributed by atoms with E-state index in [1.165, 1.54) is 15.9 Å². The van der Waals surface area contributed by atoms with E-state index >= 15 is 0 Å². The van der Waals surface area contributed by atoms with Crippen LogP contribution in [0.1, 0.15) is 75.8 Å². The van der Waals surface area contributed by atoms with E-state index in [9.17, 15) is 32.0 Å². The summed E-state index contributed by atoms with van der Waals surface area (Å²) in [4.78, 5) is 58.8. The molecule has 13 nitrogen and oxygen atoms in total. The number of sulfonamides is 1. The first-order valence-corrected chi connectivity index (χ1v) is 19.8. The van der Waals surface area contributed by atoms with E-state index in [0.717, 1.165) is 19.3 Å². The zero-order chi connectivity index (χ0) is 37.5. The highest BCUT2D eigenvalue weighted by Gasteiger charge is 2.63. The van der Waals surface area contributed by atoms with Gasteiger partial charge in [-0.1, -0.05) is 43.2 Å². The summed E-state index contributed by atoms with van der Waals surface area (Å²) in [5.41, 5.74) is 0.212. The second-order valence-electron chi connectivity index (χ2n) is 15.1. The number of hydrogen-bond acceptors (Lipinski definition) is 9. The Morgan fingerprint density at radius 2 is 1.85 bits per heavy atom. The average Bonchev–Trinajstić information content (AvgIpc) is 3.92. The number of fused-ring (bicyclic) bond motifs is 3. The number of carbonyl (C=O) groups is 4. The molecule has 3 N–H and O–H groups in total.